The minimum atomic E-state index is -0.567. The molecule has 1 atom stereocenters. The lowest BCUT2D eigenvalue weighted by molar-refractivity contribution is -0.127. The van der Waals surface area contributed by atoms with Crippen LogP contribution in [-0.2, 0) is 9.59 Å². The van der Waals surface area contributed by atoms with E-state index in [1.165, 1.54) is 6.92 Å². The first-order valence-corrected chi connectivity index (χ1v) is 2.85. The van der Waals surface area contributed by atoms with Crippen molar-refractivity contribution in [2.24, 2.45) is 5.84 Å². The fourth-order valence-electron chi connectivity index (χ4n) is 0.495. The van der Waals surface area contributed by atoms with E-state index in [1.807, 2.05) is 5.43 Å². The van der Waals surface area contributed by atoms with Gasteiger partial charge in [-0.25, -0.2) is 5.84 Å². The average Bonchev–Trinajstić information content (AvgIpc) is 1.85. The lowest BCUT2D eigenvalue weighted by Gasteiger charge is -2.08. The van der Waals surface area contributed by atoms with Crippen molar-refractivity contribution in [2.45, 2.75) is 19.9 Å². The largest absolute Gasteiger partial charge is 0.345 e. The maximum atomic E-state index is 10.6. The molecule has 0 spiro atoms. The summed E-state index contributed by atoms with van der Waals surface area (Å²) in [5.74, 6) is 4.14. The van der Waals surface area contributed by atoms with Crippen LogP contribution in [-0.4, -0.2) is 17.9 Å². The SMILES string of the molecule is CC(=O)N[C@H](C)C(=O)NN. The molecule has 0 aromatic carbocycles. The average molecular weight is 145 g/mol. The first-order valence-electron chi connectivity index (χ1n) is 2.85. The van der Waals surface area contributed by atoms with E-state index >= 15 is 0 Å². The van der Waals surface area contributed by atoms with Gasteiger partial charge in [-0.15, -0.1) is 0 Å². The zero-order valence-electron chi connectivity index (χ0n) is 5.97. The van der Waals surface area contributed by atoms with E-state index in [-0.39, 0.29) is 5.91 Å². The molecule has 0 aromatic rings. The fraction of sp³-hybridized carbons (Fsp3) is 0.600. The summed E-state index contributed by atoms with van der Waals surface area (Å²) in [6, 6.07) is -0.567. The van der Waals surface area contributed by atoms with Crippen LogP contribution in [0.4, 0.5) is 0 Å². The predicted octanol–water partition coefficient (Wildman–Crippen LogP) is -1.50. The summed E-state index contributed by atoms with van der Waals surface area (Å²) < 4.78 is 0. The van der Waals surface area contributed by atoms with Crippen molar-refractivity contribution in [2.75, 3.05) is 0 Å². The molecule has 0 bridgehead atoms. The minimum absolute atomic E-state index is 0.254. The second-order valence-electron chi connectivity index (χ2n) is 1.93. The Labute approximate surface area is 58.9 Å². The molecule has 0 aliphatic rings. The molecule has 0 radical (unpaired) electrons. The molecule has 0 aromatic heterocycles. The number of hydrogen-bond acceptors (Lipinski definition) is 3. The molecule has 0 fully saturated rings. The molecule has 2 amide bonds. The van der Waals surface area contributed by atoms with Crippen molar-refractivity contribution in [3.05, 3.63) is 0 Å². The van der Waals surface area contributed by atoms with E-state index in [4.69, 9.17) is 5.84 Å². The van der Waals surface area contributed by atoms with Crippen molar-refractivity contribution < 1.29 is 9.59 Å². The first kappa shape index (κ1) is 8.90. The van der Waals surface area contributed by atoms with Crippen molar-refractivity contribution >= 4 is 11.8 Å². The highest BCUT2D eigenvalue weighted by molar-refractivity contribution is 5.85. The van der Waals surface area contributed by atoms with Crippen molar-refractivity contribution in [1.82, 2.24) is 10.7 Å². The van der Waals surface area contributed by atoms with Crippen LogP contribution >= 0.6 is 0 Å². The molecule has 0 rings (SSSR count). The van der Waals surface area contributed by atoms with Crippen LogP contribution in [0.25, 0.3) is 0 Å². The number of nitrogens with one attached hydrogen (secondary N) is 2. The molecule has 0 aliphatic heterocycles. The Hall–Kier alpha value is -1.10. The molecule has 0 heterocycles. The van der Waals surface area contributed by atoms with Crippen molar-refractivity contribution in [3.63, 3.8) is 0 Å². The number of carbonyl (C=O) groups is 2. The monoisotopic (exact) mass is 145 g/mol. The second kappa shape index (κ2) is 3.84. The Morgan fingerprint density at radius 2 is 2.00 bits per heavy atom. The third-order valence-electron chi connectivity index (χ3n) is 0.955. The molecule has 5 nitrogen and oxygen atoms in total. The molecule has 0 aliphatic carbocycles. The Morgan fingerprint density at radius 3 is 2.30 bits per heavy atom. The van der Waals surface area contributed by atoms with Gasteiger partial charge in [0.15, 0.2) is 0 Å². The number of carbonyl (C=O) groups excluding carboxylic acids is 2. The minimum Gasteiger partial charge on any atom is -0.345 e. The van der Waals surface area contributed by atoms with Crippen LogP contribution in [0.15, 0.2) is 0 Å². The summed E-state index contributed by atoms with van der Waals surface area (Å²) in [4.78, 5) is 20.9. The van der Waals surface area contributed by atoms with Crippen LogP contribution in [0.5, 0.6) is 0 Å². The van der Waals surface area contributed by atoms with Gasteiger partial charge in [0, 0.05) is 6.92 Å². The van der Waals surface area contributed by atoms with Gasteiger partial charge in [-0.3, -0.25) is 15.0 Å². The fourth-order valence-corrected chi connectivity index (χ4v) is 0.495. The third kappa shape index (κ3) is 3.03. The van der Waals surface area contributed by atoms with E-state index in [2.05, 4.69) is 5.32 Å². The Kier molecular flexibility index (Phi) is 3.42. The highest BCUT2D eigenvalue weighted by Gasteiger charge is 2.10. The summed E-state index contributed by atoms with van der Waals surface area (Å²) in [5, 5.41) is 2.36. The van der Waals surface area contributed by atoms with Gasteiger partial charge in [-0.05, 0) is 6.92 Å². The molecule has 0 unspecified atom stereocenters. The summed E-state index contributed by atoms with van der Waals surface area (Å²) >= 11 is 0. The van der Waals surface area contributed by atoms with Crippen LogP contribution in [0.3, 0.4) is 0 Å². The van der Waals surface area contributed by atoms with E-state index in [9.17, 15) is 9.59 Å². The maximum absolute atomic E-state index is 10.6. The number of hydrazine groups is 1. The van der Waals surface area contributed by atoms with E-state index in [0.29, 0.717) is 0 Å². The predicted molar refractivity (Wildman–Crippen MR) is 35.6 cm³/mol. The Balaban J connectivity index is 3.72. The van der Waals surface area contributed by atoms with Crippen LogP contribution in [0.1, 0.15) is 13.8 Å². The number of amides is 2. The normalized spacial score (nSPS) is 11.9. The van der Waals surface area contributed by atoms with Gasteiger partial charge < -0.3 is 5.32 Å². The van der Waals surface area contributed by atoms with E-state index in [1.54, 1.807) is 6.92 Å². The Morgan fingerprint density at radius 1 is 1.50 bits per heavy atom. The molecule has 0 saturated carbocycles. The number of rotatable bonds is 2. The molecule has 10 heavy (non-hydrogen) atoms. The van der Waals surface area contributed by atoms with Gasteiger partial charge >= 0.3 is 0 Å². The van der Waals surface area contributed by atoms with Gasteiger partial charge in [0.2, 0.25) is 5.91 Å². The summed E-state index contributed by atoms with van der Waals surface area (Å²) in [7, 11) is 0. The topological polar surface area (TPSA) is 84.2 Å². The second-order valence-corrected chi connectivity index (χ2v) is 1.93. The van der Waals surface area contributed by atoms with Crippen LogP contribution < -0.4 is 16.6 Å². The zero-order valence-corrected chi connectivity index (χ0v) is 5.97. The molecular formula is C5H11N3O2. The zero-order chi connectivity index (χ0) is 8.15. The van der Waals surface area contributed by atoms with Crippen LogP contribution in [0, 0.1) is 0 Å². The summed E-state index contributed by atoms with van der Waals surface area (Å²) in [6.45, 7) is 2.88. The number of hydrogen-bond donors (Lipinski definition) is 3. The lowest BCUT2D eigenvalue weighted by Crippen LogP contribution is -2.46. The maximum Gasteiger partial charge on any atom is 0.256 e. The first-order chi connectivity index (χ1) is 4.57. The third-order valence-corrected chi connectivity index (χ3v) is 0.955. The molecule has 58 valence electrons. The summed E-state index contributed by atoms with van der Waals surface area (Å²) in [6.07, 6.45) is 0. The molecule has 5 heteroatoms. The standard InChI is InChI=1S/C5H11N3O2/c1-3(5(10)8-6)7-4(2)9/h3H,6H2,1-2H3,(H,7,9)(H,8,10)/t3-/m1/s1. The molecule has 0 saturated heterocycles. The highest BCUT2D eigenvalue weighted by Crippen LogP contribution is 1.78. The van der Waals surface area contributed by atoms with E-state index in [0.717, 1.165) is 0 Å². The Bertz CT molecular complexity index is 146. The van der Waals surface area contributed by atoms with Crippen LogP contribution in [0.2, 0.25) is 0 Å². The smallest absolute Gasteiger partial charge is 0.256 e. The van der Waals surface area contributed by atoms with Gasteiger partial charge in [0.05, 0.1) is 0 Å². The number of nitrogens with two attached hydrogens (primary N) is 1. The van der Waals surface area contributed by atoms with Gasteiger partial charge in [0.25, 0.3) is 5.91 Å². The van der Waals surface area contributed by atoms with Gasteiger partial charge in [-0.1, -0.05) is 0 Å². The highest BCUT2D eigenvalue weighted by atomic mass is 16.2. The van der Waals surface area contributed by atoms with E-state index < -0.39 is 11.9 Å². The van der Waals surface area contributed by atoms with Crippen molar-refractivity contribution in [1.29, 1.82) is 0 Å². The molecule has 4 N–H and O–H groups in total. The summed E-state index contributed by atoms with van der Waals surface area (Å²) in [5.41, 5.74) is 1.92. The van der Waals surface area contributed by atoms with Gasteiger partial charge in [0.1, 0.15) is 6.04 Å². The van der Waals surface area contributed by atoms with Gasteiger partial charge in [-0.2, -0.15) is 0 Å². The van der Waals surface area contributed by atoms with Crippen molar-refractivity contribution in [3.8, 4) is 0 Å². The molecular weight excluding hydrogens is 134 g/mol. The quantitative estimate of drug-likeness (QED) is 0.251. The lowest BCUT2D eigenvalue weighted by atomic mass is 10.3.